The maximum atomic E-state index is 12.3. The minimum atomic E-state index is -1.12. The maximum absolute atomic E-state index is 12.3. The second-order valence-electron chi connectivity index (χ2n) is 8.73. The highest BCUT2D eigenvalue weighted by Gasteiger charge is 2.32. The molecule has 5 nitrogen and oxygen atoms in total. The maximum Gasteiger partial charge on any atom is 0.337 e. The third-order valence-corrected chi connectivity index (χ3v) is 5.28. The molecule has 1 aromatic heterocycles. The summed E-state index contributed by atoms with van der Waals surface area (Å²) in [6.45, 7) is 8.18. The average molecular weight is 405 g/mol. The quantitative estimate of drug-likeness (QED) is 0.623. The number of fused-ring (bicyclic) bond motifs is 2. The summed E-state index contributed by atoms with van der Waals surface area (Å²) in [5, 5.41) is 11.0. The molecule has 156 valence electrons. The van der Waals surface area contributed by atoms with Crippen molar-refractivity contribution >= 4 is 16.9 Å². The molecule has 5 heteroatoms. The number of aryl methyl sites for hydroxylation is 2. The van der Waals surface area contributed by atoms with Crippen molar-refractivity contribution in [1.29, 1.82) is 0 Å². The predicted octanol–water partition coefficient (Wildman–Crippen LogP) is 5.48. The highest BCUT2D eigenvalue weighted by atomic mass is 16.5. The number of aromatic nitrogens is 1. The minimum absolute atomic E-state index is 0.604. The van der Waals surface area contributed by atoms with E-state index in [1.165, 1.54) is 0 Å². The van der Waals surface area contributed by atoms with Gasteiger partial charge in [-0.1, -0.05) is 24.3 Å². The van der Waals surface area contributed by atoms with Crippen LogP contribution in [0.5, 0.6) is 5.75 Å². The molecule has 0 bridgehead atoms. The van der Waals surface area contributed by atoms with Crippen molar-refractivity contribution in [2.45, 2.75) is 52.2 Å². The number of hydrogen-bond acceptors (Lipinski definition) is 4. The summed E-state index contributed by atoms with van der Waals surface area (Å²) in [6.07, 6.45) is 0.801. The highest BCUT2D eigenvalue weighted by molar-refractivity contribution is 5.98. The Kier molecular flexibility index (Phi) is 5.24. The summed E-state index contributed by atoms with van der Waals surface area (Å²) in [6, 6.07) is 14.0. The van der Waals surface area contributed by atoms with Crippen LogP contribution in [0, 0.1) is 6.92 Å². The number of rotatable bonds is 4. The fourth-order valence-electron chi connectivity index (χ4n) is 4.08. The number of carboxylic acid groups (broad SMARTS) is 1. The van der Waals surface area contributed by atoms with E-state index in [0.29, 0.717) is 11.3 Å². The molecule has 2 aromatic carbocycles. The zero-order chi connectivity index (χ0) is 21.5. The summed E-state index contributed by atoms with van der Waals surface area (Å²) in [7, 11) is 0. The van der Waals surface area contributed by atoms with E-state index in [-0.39, 0.29) is 0 Å². The Bertz CT molecular complexity index is 1110. The van der Waals surface area contributed by atoms with Gasteiger partial charge < -0.3 is 14.6 Å². The third-order valence-electron chi connectivity index (χ3n) is 5.28. The zero-order valence-corrected chi connectivity index (χ0v) is 17.9. The van der Waals surface area contributed by atoms with Gasteiger partial charge in [0.2, 0.25) is 0 Å². The lowest BCUT2D eigenvalue weighted by Gasteiger charge is -2.28. The summed E-state index contributed by atoms with van der Waals surface area (Å²) < 4.78 is 11.8. The molecule has 0 spiro atoms. The molecule has 0 amide bonds. The Balaban J connectivity index is 2.01. The first-order valence-corrected chi connectivity index (χ1v) is 10.3. The number of carbonyl (C=O) groups is 1. The molecule has 0 fully saturated rings. The van der Waals surface area contributed by atoms with Gasteiger partial charge in [0.25, 0.3) is 0 Å². The van der Waals surface area contributed by atoms with Crippen LogP contribution < -0.4 is 4.74 Å². The Hall–Kier alpha value is -2.92. The van der Waals surface area contributed by atoms with Gasteiger partial charge in [-0.2, -0.15) is 0 Å². The van der Waals surface area contributed by atoms with Crippen molar-refractivity contribution in [3.8, 4) is 16.9 Å². The molecule has 0 unspecified atom stereocenters. The Morgan fingerprint density at radius 2 is 1.97 bits per heavy atom. The van der Waals surface area contributed by atoms with Crippen LogP contribution in [0.2, 0.25) is 0 Å². The lowest BCUT2D eigenvalue weighted by atomic mass is 9.89. The van der Waals surface area contributed by atoms with Crippen molar-refractivity contribution in [1.82, 2.24) is 4.98 Å². The first-order chi connectivity index (χ1) is 14.2. The van der Waals surface area contributed by atoms with Gasteiger partial charge >= 0.3 is 5.97 Å². The van der Waals surface area contributed by atoms with E-state index < -0.39 is 17.7 Å². The van der Waals surface area contributed by atoms with E-state index in [1.54, 1.807) is 0 Å². The van der Waals surface area contributed by atoms with Crippen molar-refractivity contribution in [2.75, 3.05) is 6.61 Å². The number of hydrogen-bond donors (Lipinski definition) is 1. The van der Waals surface area contributed by atoms with E-state index >= 15 is 0 Å². The molecule has 4 rings (SSSR count). The monoisotopic (exact) mass is 405 g/mol. The lowest BCUT2D eigenvalue weighted by Crippen LogP contribution is -2.28. The molecule has 0 aliphatic carbocycles. The fourth-order valence-corrected chi connectivity index (χ4v) is 4.08. The van der Waals surface area contributed by atoms with E-state index in [2.05, 4.69) is 6.07 Å². The lowest BCUT2D eigenvalue weighted by molar-refractivity contribution is -0.160. The minimum Gasteiger partial charge on any atom is -0.493 e. The van der Waals surface area contributed by atoms with Gasteiger partial charge in [-0.15, -0.1) is 0 Å². The Labute approximate surface area is 176 Å². The Morgan fingerprint density at radius 1 is 1.20 bits per heavy atom. The SMILES string of the molecule is Cc1nc2ccccc2c(-c2ccc3c(c2)CCCO3)c1[C@@H](OC(C)(C)C)C(=O)O. The van der Waals surface area contributed by atoms with Crippen molar-refractivity contribution < 1.29 is 19.4 Å². The fraction of sp³-hybridized carbons (Fsp3) is 0.360. The summed E-state index contributed by atoms with van der Waals surface area (Å²) in [4.78, 5) is 17.0. The van der Waals surface area contributed by atoms with Crippen LogP contribution in [-0.2, 0) is 16.0 Å². The molecular weight excluding hydrogens is 378 g/mol. The number of pyridine rings is 1. The molecule has 0 saturated carbocycles. The smallest absolute Gasteiger partial charge is 0.337 e. The number of benzene rings is 2. The Morgan fingerprint density at radius 3 is 2.70 bits per heavy atom. The number of aliphatic carboxylic acids is 1. The first-order valence-electron chi connectivity index (χ1n) is 10.3. The first kappa shape index (κ1) is 20.4. The van der Waals surface area contributed by atoms with Gasteiger partial charge in [0.05, 0.1) is 17.7 Å². The van der Waals surface area contributed by atoms with Crippen molar-refractivity contribution in [2.24, 2.45) is 0 Å². The van der Waals surface area contributed by atoms with Gasteiger partial charge in [-0.05, 0) is 75.4 Å². The van der Waals surface area contributed by atoms with Crippen LogP contribution in [0.3, 0.4) is 0 Å². The number of nitrogens with zero attached hydrogens (tertiary/aromatic N) is 1. The van der Waals surface area contributed by atoms with E-state index in [0.717, 1.165) is 52.8 Å². The highest BCUT2D eigenvalue weighted by Crippen LogP contribution is 2.41. The van der Waals surface area contributed by atoms with Crippen LogP contribution in [0.15, 0.2) is 42.5 Å². The molecule has 1 atom stereocenters. The zero-order valence-electron chi connectivity index (χ0n) is 17.9. The number of carboxylic acids is 1. The molecule has 1 aliphatic rings. The third kappa shape index (κ3) is 3.90. The van der Waals surface area contributed by atoms with Crippen molar-refractivity contribution in [3.05, 3.63) is 59.3 Å². The second-order valence-corrected chi connectivity index (χ2v) is 8.73. The summed E-state index contributed by atoms with van der Waals surface area (Å²) in [5.74, 6) is -0.116. The van der Waals surface area contributed by atoms with Crippen LogP contribution >= 0.6 is 0 Å². The van der Waals surface area contributed by atoms with Gasteiger partial charge in [0.15, 0.2) is 6.10 Å². The van der Waals surface area contributed by atoms with E-state index in [9.17, 15) is 9.90 Å². The molecule has 1 N–H and O–H groups in total. The van der Waals surface area contributed by atoms with Crippen LogP contribution in [0.25, 0.3) is 22.0 Å². The molecule has 0 radical (unpaired) electrons. The summed E-state index contributed by atoms with van der Waals surface area (Å²) in [5.41, 5.74) is 4.45. The van der Waals surface area contributed by atoms with Gasteiger partial charge in [0, 0.05) is 16.6 Å². The van der Waals surface area contributed by atoms with Crippen molar-refractivity contribution in [3.63, 3.8) is 0 Å². The van der Waals surface area contributed by atoms with Crippen LogP contribution in [0.4, 0.5) is 0 Å². The molecule has 30 heavy (non-hydrogen) atoms. The van der Waals surface area contributed by atoms with Gasteiger partial charge in [-0.25, -0.2) is 4.79 Å². The molecule has 1 aliphatic heterocycles. The molecular formula is C25H27NO4. The predicted molar refractivity (Wildman–Crippen MR) is 117 cm³/mol. The van der Waals surface area contributed by atoms with Crippen LogP contribution in [0.1, 0.15) is 50.1 Å². The largest absolute Gasteiger partial charge is 0.493 e. The van der Waals surface area contributed by atoms with Crippen LogP contribution in [-0.4, -0.2) is 28.3 Å². The van der Waals surface area contributed by atoms with Gasteiger partial charge in [-0.3, -0.25) is 4.98 Å². The van der Waals surface area contributed by atoms with Gasteiger partial charge in [0.1, 0.15) is 5.75 Å². The number of para-hydroxylation sites is 1. The van der Waals surface area contributed by atoms with E-state index in [4.69, 9.17) is 14.5 Å². The topological polar surface area (TPSA) is 68.7 Å². The number of ether oxygens (including phenoxy) is 2. The normalized spacial score (nSPS) is 14.8. The van der Waals surface area contributed by atoms with E-state index in [1.807, 2.05) is 64.1 Å². The second kappa shape index (κ2) is 7.73. The standard InChI is InChI=1S/C25H27NO4/c1-15-21(23(24(27)28)30-25(2,3)4)22(18-9-5-6-10-19(18)26-15)17-11-12-20-16(14-17)8-7-13-29-20/h5-6,9-12,14,23H,7-8,13H2,1-4H3,(H,27,28)/t23-/m1/s1. The molecule has 0 saturated heterocycles. The molecule has 3 aromatic rings. The summed E-state index contributed by atoms with van der Waals surface area (Å²) >= 11 is 0. The molecule has 2 heterocycles. The average Bonchev–Trinajstić information content (AvgIpc) is 2.70.